The fraction of sp³-hybridized carbons (Fsp3) is 0.300. The Hall–Kier alpha value is -1.90. The molecule has 1 N–H and O–H groups in total. The third-order valence-corrected chi connectivity index (χ3v) is 8.68. The molecule has 0 radical (unpaired) electrons. The highest BCUT2D eigenvalue weighted by Crippen LogP contribution is 2.28. The summed E-state index contributed by atoms with van der Waals surface area (Å²) in [6.07, 6.45) is 0. The van der Waals surface area contributed by atoms with Crippen molar-refractivity contribution in [2.75, 3.05) is 18.8 Å². The lowest BCUT2D eigenvalue weighted by atomic mass is 10.1. The van der Waals surface area contributed by atoms with Crippen LogP contribution in [0.25, 0.3) is 0 Å². The van der Waals surface area contributed by atoms with Gasteiger partial charge < -0.3 is 10.2 Å². The maximum Gasteiger partial charge on any atom is 0.253 e. The fourth-order valence-corrected chi connectivity index (χ4v) is 5.21. The van der Waals surface area contributed by atoms with Gasteiger partial charge in [0.05, 0.1) is 10.8 Å². The van der Waals surface area contributed by atoms with E-state index in [4.69, 9.17) is 11.6 Å². The summed E-state index contributed by atoms with van der Waals surface area (Å²) in [4.78, 5) is 27.1. The van der Waals surface area contributed by atoms with Crippen molar-refractivity contribution in [1.29, 1.82) is 0 Å². The van der Waals surface area contributed by atoms with E-state index in [0.29, 0.717) is 15.1 Å². The van der Waals surface area contributed by atoms with Crippen LogP contribution in [0.2, 0.25) is 5.02 Å². The molecule has 1 fully saturated rings. The van der Waals surface area contributed by atoms with Crippen molar-refractivity contribution < 1.29 is 18.0 Å². The lowest BCUT2D eigenvalue weighted by Crippen LogP contribution is -2.62. The molecular formula is C20H20BrClN2O4S. The normalized spacial score (nSPS) is 20.9. The van der Waals surface area contributed by atoms with Crippen molar-refractivity contribution in [3.8, 4) is 0 Å². The van der Waals surface area contributed by atoms with Gasteiger partial charge >= 0.3 is 0 Å². The summed E-state index contributed by atoms with van der Waals surface area (Å²) in [6, 6.07) is 14.0. The molecule has 1 saturated heterocycles. The number of amides is 2. The predicted octanol–water partition coefficient (Wildman–Crippen LogP) is 3.05. The average molecular weight is 500 g/mol. The highest BCUT2D eigenvalue weighted by molar-refractivity contribution is 9.10. The summed E-state index contributed by atoms with van der Waals surface area (Å²) < 4.78 is 24.4. The molecule has 6 nitrogen and oxygen atoms in total. The molecule has 2 amide bonds. The van der Waals surface area contributed by atoms with Gasteiger partial charge in [0.25, 0.3) is 5.91 Å². The van der Waals surface area contributed by atoms with E-state index >= 15 is 0 Å². The van der Waals surface area contributed by atoms with Crippen LogP contribution in [0.15, 0.2) is 53.0 Å². The van der Waals surface area contributed by atoms with Crippen molar-refractivity contribution in [2.45, 2.75) is 18.2 Å². The molecule has 2 aromatic rings. The maximum atomic E-state index is 12.9. The fourth-order valence-electron chi connectivity index (χ4n) is 3.16. The standard InChI is InChI=1S/C20H20BrClN2O4S/c1-20(19(26)23-12-14-5-3-2-4-6-14)13-24(9-10-29(20,27)28)18(25)15-7-8-16(21)17(22)11-15/h2-8,11H,9-10,12-13H2,1H3,(H,23,26)/t20-/m1/s1. The Kier molecular flexibility index (Phi) is 6.36. The first-order valence-corrected chi connectivity index (χ1v) is 11.8. The monoisotopic (exact) mass is 498 g/mol. The topological polar surface area (TPSA) is 83.6 Å². The van der Waals surface area contributed by atoms with Gasteiger partial charge in [0.15, 0.2) is 14.6 Å². The summed E-state index contributed by atoms with van der Waals surface area (Å²) in [5, 5.41) is 3.08. The van der Waals surface area contributed by atoms with Crippen LogP contribution in [0.1, 0.15) is 22.8 Å². The molecule has 154 valence electrons. The molecule has 1 atom stereocenters. The Morgan fingerprint density at radius 2 is 1.90 bits per heavy atom. The van der Waals surface area contributed by atoms with Crippen LogP contribution >= 0.6 is 27.5 Å². The number of halogens is 2. The second-order valence-corrected chi connectivity index (χ2v) is 10.9. The van der Waals surface area contributed by atoms with Gasteiger partial charge in [0.2, 0.25) is 5.91 Å². The highest BCUT2D eigenvalue weighted by atomic mass is 79.9. The zero-order valence-corrected chi connectivity index (χ0v) is 18.9. The van der Waals surface area contributed by atoms with Crippen LogP contribution in [-0.2, 0) is 21.2 Å². The van der Waals surface area contributed by atoms with Gasteiger partial charge in [-0.3, -0.25) is 9.59 Å². The zero-order valence-electron chi connectivity index (χ0n) is 15.7. The predicted molar refractivity (Wildman–Crippen MR) is 116 cm³/mol. The number of hydrogen-bond donors (Lipinski definition) is 1. The molecule has 1 aliphatic heterocycles. The maximum absolute atomic E-state index is 12.9. The Labute approximate surface area is 183 Å². The first-order chi connectivity index (χ1) is 13.6. The zero-order chi connectivity index (χ0) is 21.2. The number of rotatable bonds is 4. The quantitative estimate of drug-likeness (QED) is 0.701. The van der Waals surface area contributed by atoms with Crippen LogP contribution in [0, 0.1) is 0 Å². The first-order valence-electron chi connectivity index (χ1n) is 8.93. The van der Waals surface area contributed by atoms with E-state index in [9.17, 15) is 18.0 Å². The lowest BCUT2D eigenvalue weighted by Gasteiger charge is -2.38. The van der Waals surface area contributed by atoms with Gasteiger partial charge in [-0.25, -0.2) is 8.42 Å². The largest absolute Gasteiger partial charge is 0.351 e. The van der Waals surface area contributed by atoms with Gasteiger partial charge in [-0.2, -0.15) is 0 Å². The van der Waals surface area contributed by atoms with E-state index < -0.39 is 20.5 Å². The minimum absolute atomic E-state index is 0.0242. The number of carbonyl (C=O) groups excluding carboxylic acids is 2. The molecule has 1 aliphatic rings. The van der Waals surface area contributed by atoms with Gasteiger partial charge in [-0.1, -0.05) is 41.9 Å². The number of carbonyl (C=O) groups is 2. The molecule has 3 rings (SSSR count). The number of benzene rings is 2. The molecule has 0 unspecified atom stereocenters. The lowest BCUT2D eigenvalue weighted by molar-refractivity contribution is -0.123. The Morgan fingerprint density at radius 3 is 2.55 bits per heavy atom. The highest BCUT2D eigenvalue weighted by Gasteiger charge is 2.51. The van der Waals surface area contributed by atoms with E-state index in [1.165, 1.54) is 17.9 Å². The molecule has 0 aliphatic carbocycles. The third-order valence-electron chi connectivity index (χ3n) is 5.04. The number of nitrogens with zero attached hydrogens (tertiary/aromatic N) is 1. The molecule has 2 aromatic carbocycles. The molecule has 29 heavy (non-hydrogen) atoms. The number of hydrogen-bond acceptors (Lipinski definition) is 4. The van der Waals surface area contributed by atoms with Crippen molar-refractivity contribution >= 4 is 49.2 Å². The molecule has 9 heteroatoms. The molecular weight excluding hydrogens is 480 g/mol. The van der Waals surface area contributed by atoms with Crippen molar-refractivity contribution in [2.24, 2.45) is 0 Å². The Bertz CT molecular complexity index is 1050. The second-order valence-electron chi connectivity index (χ2n) is 7.07. The third kappa shape index (κ3) is 4.49. The minimum atomic E-state index is -3.73. The van der Waals surface area contributed by atoms with Crippen LogP contribution in [0.3, 0.4) is 0 Å². The van der Waals surface area contributed by atoms with Gasteiger partial charge in [0.1, 0.15) is 0 Å². The van der Waals surface area contributed by atoms with E-state index in [1.54, 1.807) is 12.1 Å². The summed E-state index contributed by atoms with van der Waals surface area (Å²) in [5.41, 5.74) is 1.19. The number of sulfone groups is 1. The Morgan fingerprint density at radius 1 is 1.21 bits per heavy atom. The molecule has 0 aromatic heterocycles. The molecule has 0 bridgehead atoms. The van der Waals surface area contributed by atoms with Gasteiger partial charge in [-0.05, 0) is 46.6 Å². The van der Waals surface area contributed by atoms with E-state index in [1.807, 2.05) is 30.3 Å². The number of nitrogens with one attached hydrogen (secondary N) is 1. The van der Waals surface area contributed by atoms with Gasteiger partial charge in [0, 0.05) is 29.7 Å². The second kappa shape index (κ2) is 8.45. The van der Waals surface area contributed by atoms with E-state index in [0.717, 1.165) is 5.56 Å². The summed E-state index contributed by atoms with van der Waals surface area (Å²) in [7, 11) is -3.73. The van der Waals surface area contributed by atoms with Crippen molar-refractivity contribution in [1.82, 2.24) is 10.2 Å². The summed E-state index contributed by atoms with van der Waals surface area (Å²) in [6.45, 7) is 1.39. The molecule has 1 heterocycles. The summed E-state index contributed by atoms with van der Waals surface area (Å²) in [5.74, 6) is -1.26. The molecule has 0 spiro atoms. The Balaban J connectivity index is 1.79. The van der Waals surface area contributed by atoms with Crippen molar-refractivity contribution in [3.05, 3.63) is 69.2 Å². The summed E-state index contributed by atoms with van der Waals surface area (Å²) >= 11 is 9.34. The van der Waals surface area contributed by atoms with Gasteiger partial charge in [-0.15, -0.1) is 0 Å². The SMILES string of the molecule is C[C@]1(C(=O)NCc2ccccc2)CN(C(=O)c2ccc(Br)c(Cl)c2)CCS1(=O)=O. The average Bonchev–Trinajstić information content (AvgIpc) is 2.70. The van der Waals surface area contributed by atoms with Crippen LogP contribution in [-0.4, -0.2) is 48.7 Å². The molecule has 0 saturated carbocycles. The van der Waals surface area contributed by atoms with Crippen LogP contribution < -0.4 is 5.32 Å². The van der Waals surface area contributed by atoms with E-state index in [-0.39, 0.29) is 31.3 Å². The van der Waals surface area contributed by atoms with Crippen LogP contribution in [0.5, 0.6) is 0 Å². The van der Waals surface area contributed by atoms with E-state index in [2.05, 4.69) is 21.2 Å². The smallest absolute Gasteiger partial charge is 0.253 e. The minimum Gasteiger partial charge on any atom is -0.351 e. The van der Waals surface area contributed by atoms with Crippen molar-refractivity contribution in [3.63, 3.8) is 0 Å². The van der Waals surface area contributed by atoms with Crippen LogP contribution in [0.4, 0.5) is 0 Å². The first kappa shape index (κ1) is 21.8.